The van der Waals surface area contributed by atoms with Crippen LogP contribution in [0.25, 0.3) is 11.1 Å². The van der Waals surface area contributed by atoms with Crippen LogP contribution in [-0.2, 0) is 19.1 Å². The molecule has 0 saturated heterocycles. The Morgan fingerprint density at radius 1 is 0.973 bits per heavy atom. The molecule has 4 N–H and O–H groups in total. The van der Waals surface area contributed by atoms with Gasteiger partial charge in [-0.05, 0) is 69.7 Å². The average molecular weight is 510 g/mol. The second-order valence-corrected chi connectivity index (χ2v) is 10.2. The van der Waals surface area contributed by atoms with Crippen molar-refractivity contribution >= 4 is 23.7 Å². The number of ether oxygens (including phenoxy) is 3. The number of methoxy groups -OCH3 is 1. The van der Waals surface area contributed by atoms with Gasteiger partial charge in [0, 0.05) is 11.6 Å². The standard InChI is InChI=1S/C28H35N3O6/c1-28(2,3)27(34)37-16-36-26(33)19-9-12-21(13-10-19)31-25(32)22-15-20(11-14-23(22)35-4)17-5-7-18(8-6-17)24(29)30/h5-8,11,14-15,19,21H,9-10,12-13,16H2,1-4H3,(H3,29,30)(H,31,32)/t19-,21-. The first-order chi connectivity index (χ1) is 17.5. The molecule has 2 aromatic carbocycles. The van der Waals surface area contributed by atoms with Gasteiger partial charge in [0.05, 0.1) is 24.0 Å². The Hall–Kier alpha value is -3.88. The molecule has 198 valence electrons. The van der Waals surface area contributed by atoms with Gasteiger partial charge in [-0.25, -0.2) is 0 Å². The first kappa shape index (κ1) is 27.7. The lowest BCUT2D eigenvalue weighted by Gasteiger charge is -2.28. The minimum atomic E-state index is -0.662. The van der Waals surface area contributed by atoms with Crippen LogP contribution in [0, 0.1) is 16.7 Å². The Morgan fingerprint density at radius 2 is 1.59 bits per heavy atom. The molecule has 1 aliphatic rings. The van der Waals surface area contributed by atoms with E-state index in [1.165, 1.54) is 7.11 Å². The lowest BCUT2D eigenvalue weighted by atomic mass is 9.86. The van der Waals surface area contributed by atoms with E-state index in [-0.39, 0.29) is 30.5 Å². The number of carbonyl (C=O) groups excluding carboxylic acids is 3. The smallest absolute Gasteiger partial charge is 0.314 e. The van der Waals surface area contributed by atoms with Crippen molar-refractivity contribution in [1.29, 1.82) is 5.41 Å². The maximum absolute atomic E-state index is 13.1. The molecule has 3 rings (SSSR count). The first-order valence-electron chi connectivity index (χ1n) is 12.3. The van der Waals surface area contributed by atoms with Gasteiger partial charge in [-0.2, -0.15) is 0 Å². The monoisotopic (exact) mass is 509 g/mol. The number of nitrogens with one attached hydrogen (secondary N) is 2. The predicted molar refractivity (Wildman–Crippen MR) is 139 cm³/mol. The summed E-state index contributed by atoms with van der Waals surface area (Å²) in [5, 5.41) is 10.6. The van der Waals surface area contributed by atoms with Crippen molar-refractivity contribution in [3.05, 3.63) is 53.6 Å². The van der Waals surface area contributed by atoms with Gasteiger partial charge in [-0.3, -0.25) is 19.8 Å². The number of nitrogens with two attached hydrogens (primary N) is 1. The Balaban J connectivity index is 1.56. The highest BCUT2D eigenvalue weighted by Gasteiger charge is 2.30. The van der Waals surface area contributed by atoms with Crippen LogP contribution >= 0.6 is 0 Å². The third kappa shape index (κ3) is 7.31. The summed E-state index contributed by atoms with van der Waals surface area (Å²) < 4.78 is 15.6. The number of benzene rings is 2. The van der Waals surface area contributed by atoms with E-state index in [1.807, 2.05) is 18.2 Å². The molecular formula is C28H35N3O6. The highest BCUT2D eigenvalue weighted by atomic mass is 16.7. The number of nitrogen functional groups attached to an aromatic ring is 1. The number of rotatable bonds is 8. The van der Waals surface area contributed by atoms with Crippen molar-refractivity contribution in [1.82, 2.24) is 5.32 Å². The van der Waals surface area contributed by atoms with Crippen LogP contribution in [0.2, 0.25) is 0 Å². The SMILES string of the molecule is COc1ccc(-c2ccc(C(=N)N)cc2)cc1C(=O)N[C@H]1CC[C@H](C(=O)OCOC(=O)C(C)(C)C)CC1. The van der Waals surface area contributed by atoms with Crippen molar-refractivity contribution in [3.63, 3.8) is 0 Å². The zero-order chi connectivity index (χ0) is 27.2. The number of esters is 2. The maximum Gasteiger partial charge on any atom is 0.314 e. The molecule has 9 nitrogen and oxygen atoms in total. The number of hydrogen-bond donors (Lipinski definition) is 3. The molecule has 0 aromatic heterocycles. The topological polar surface area (TPSA) is 141 Å². The Kier molecular flexibility index (Phi) is 8.91. The Bertz CT molecular complexity index is 1150. The van der Waals surface area contributed by atoms with Gasteiger partial charge in [0.2, 0.25) is 6.79 Å². The maximum atomic E-state index is 13.1. The van der Waals surface area contributed by atoms with E-state index in [0.717, 1.165) is 11.1 Å². The van der Waals surface area contributed by atoms with Crippen LogP contribution < -0.4 is 15.8 Å². The first-order valence-corrected chi connectivity index (χ1v) is 12.3. The molecule has 0 bridgehead atoms. The zero-order valence-corrected chi connectivity index (χ0v) is 21.8. The van der Waals surface area contributed by atoms with Gasteiger partial charge >= 0.3 is 11.9 Å². The molecule has 0 atom stereocenters. The summed E-state index contributed by atoms with van der Waals surface area (Å²) in [5.74, 6) is -0.913. The summed E-state index contributed by atoms with van der Waals surface area (Å²) >= 11 is 0. The summed E-state index contributed by atoms with van der Waals surface area (Å²) in [6.07, 6.45) is 2.39. The molecule has 1 saturated carbocycles. The van der Waals surface area contributed by atoms with Crippen LogP contribution in [-0.4, -0.2) is 43.6 Å². The van der Waals surface area contributed by atoms with Gasteiger partial charge in [0.15, 0.2) is 0 Å². The second kappa shape index (κ2) is 11.9. The van der Waals surface area contributed by atoms with Crippen LogP contribution in [0.1, 0.15) is 62.4 Å². The molecule has 0 aliphatic heterocycles. The fraction of sp³-hybridized carbons (Fsp3) is 0.429. The number of carbonyl (C=O) groups is 3. The van der Waals surface area contributed by atoms with E-state index in [0.29, 0.717) is 42.6 Å². The van der Waals surface area contributed by atoms with Gasteiger partial charge in [-0.15, -0.1) is 0 Å². The fourth-order valence-electron chi connectivity index (χ4n) is 4.12. The third-order valence-corrected chi connectivity index (χ3v) is 6.37. The van der Waals surface area contributed by atoms with Gasteiger partial charge in [-0.1, -0.05) is 30.3 Å². The van der Waals surface area contributed by atoms with Crippen molar-refractivity contribution < 1.29 is 28.6 Å². The molecule has 0 radical (unpaired) electrons. The predicted octanol–water partition coefficient (Wildman–Crippen LogP) is 4.02. The molecule has 1 fully saturated rings. The van der Waals surface area contributed by atoms with Gasteiger partial charge < -0.3 is 25.3 Å². The number of hydrogen-bond acceptors (Lipinski definition) is 7. The van der Waals surface area contributed by atoms with Crippen LogP contribution in [0.4, 0.5) is 0 Å². The summed E-state index contributed by atoms with van der Waals surface area (Å²) in [4.78, 5) is 37.3. The molecule has 0 unspecified atom stereocenters. The lowest BCUT2D eigenvalue weighted by molar-refractivity contribution is -0.176. The Labute approximate surface area is 217 Å². The summed E-state index contributed by atoms with van der Waals surface area (Å²) in [6.45, 7) is 4.79. The number of amides is 1. The van der Waals surface area contributed by atoms with E-state index < -0.39 is 17.4 Å². The van der Waals surface area contributed by atoms with Crippen LogP contribution in [0.15, 0.2) is 42.5 Å². The van der Waals surface area contributed by atoms with E-state index in [9.17, 15) is 14.4 Å². The average Bonchev–Trinajstić information content (AvgIpc) is 2.88. The molecule has 1 amide bonds. The third-order valence-electron chi connectivity index (χ3n) is 6.37. The molecule has 2 aromatic rings. The lowest BCUT2D eigenvalue weighted by Crippen LogP contribution is -2.39. The second-order valence-electron chi connectivity index (χ2n) is 10.2. The minimum Gasteiger partial charge on any atom is -0.496 e. The van der Waals surface area contributed by atoms with E-state index in [4.69, 9.17) is 25.4 Å². The normalized spacial score (nSPS) is 17.4. The van der Waals surface area contributed by atoms with Crippen molar-refractivity contribution in [2.75, 3.05) is 13.9 Å². The molecule has 9 heteroatoms. The summed E-state index contributed by atoms with van der Waals surface area (Å²) in [5.41, 5.74) is 7.63. The van der Waals surface area contributed by atoms with E-state index in [2.05, 4.69) is 5.32 Å². The summed E-state index contributed by atoms with van der Waals surface area (Å²) in [7, 11) is 1.52. The van der Waals surface area contributed by atoms with Crippen LogP contribution in [0.3, 0.4) is 0 Å². The largest absolute Gasteiger partial charge is 0.496 e. The van der Waals surface area contributed by atoms with Crippen molar-refractivity contribution in [3.8, 4) is 16.9 Å². The van der Waals surface area contributed by atoms with E-state index >= 15 is 0 Å². The molecule has 37 heavy (non-hydrogen) atoms. The quantitative estimate of drug-likeness (QED) is 0.211. The highest BCUT2D eigenvalue weighted by Crippen LogP contribution is 2.29. The molecule has 1 aliphatic carbocycles. The summed E-state index contributed by atoms with van der Waals surface area (Å²) in [6, 6.07) is 12.5. The minimum absolute atomic E-state index is 0.00620. The zero-order valence-electron chi connectivity index (χ0n) is 21.8. The van der Waals surface area contributed by atoms with Gasteiger partial charge in [0.1, 0.15) is 11.6 Å². The van der Waals surface area contributed by atoms with Crippen LogP contribution in [0.5, 0.6) is 5.75 Å². The van der Waals surface area contributed by atoms with Crippen molar-refractivity contribution in [2.24, 2.45) is 17.1 Å². The highest BCUT2D eigenvalue weighted by molar-refractivity contribution is 5.99. The molecular weight excluding hydrogens is 474 g/mol. The molecule has 0 heterocycles. The number of amidine groups is 1. The van der Waals surface area contributed by atoms with Crippen molar-refractivity contribution in [2.45, 2.75) is 52.5 Å². The van der Waals surface area contributed by atoms with Gasteiger partial charge in [0.25, 0.3) is 5.91 Å². The fourth-order valence-corrected chi connectivity index (χ4v) is 4.12. The van der Waals surface area contributed by atoms with E-state index in [1.54, 1.807) is 45.0 Å². The molecule has 0 spiro atoms. The Morgan fingerprint density at radius 3 is 2.16 bits per heavy atom.